The highest BCUT2D eigenvalue weighted by molar-refractivity contribution is 7.11. The SMILES string of the molecule is Cc1ncsc1C(=O)N1C[C@H](c2ncon2)[C@H](c2ccccc2)C1. The van der Waals surface area contributed by atoms with Crippen LogP contribution in [0.1, 0.15) is 38.6 Å². The maximum atomic E-state index is 12.9. The van der Waals surface area contributed by atoms with E-state index in [0.717, 1.165) is 5.69 Å². The van der Waals surface area contributed by atoms with E-state index in [-0.39, 0.29) is 17.7 Å². The smallest absolute Gasteiger partial charge is 0.265 e. The Bertz CT molecular complexity index is 831. The van der Waals surface area contributed by atoms with Gasteiger partial charge in [0.05, 0.1) is 11.2 Å². The predicted molar refractivity (Wildman–Crippen MR) is 89.0 cm³/mol. The summed E-state index contributed by atoms with van der Waals surface area (Å²) in [4.78, 5) is 23.8. The van der Waals surface area contributed by atoms with Crippen molar-refractivity contribution in [1.82, 2.24) is 20.0 Å². The Morgan fingerprint density at radius 2 is 2.00 bits per heavy atom. The Kier molecular flexibility index (Phi) is 3.86. The monoisotopic (exact) mass is 340 g/mol. The highest BCUT2D eigenvalue weighted by Gasteiger charge is 2.40. The van der Waals surface area contributed by atoms with Crippen LogP contribution in [-0.4, -0.2) is 39.0 Å². The average molecular weight is 340 g/mol. The fourth-order valence-electron chi connectivity index (χ4n) is 3.26. The summed E-state index contributed by atoms with van der Waals surface area (Å²) < 4.78 is 4.93. The van der Waals surface area contributed by atoms with Gasteiger partial charge < -0.3 is 9.42 Å². The summed E-state index contributed by atoms with van der Waals surface area (Å²) in [5.41, 5.74) is 3.68. The molecular formula is C17H16N4O2S. The van der Waals surface area contributed by atoms with Gasteiger partial charge in [0.2, 0.25) is 6.39 Å². The number of likely N-dealkylation sites (tertiary alicyclic amines) is 1. The average Bonchev–Trinajstić information content (AvgIpc) is 3.35. The van der Waals surface area contributed by atoms with Crippen LogP contribution in [0.15, 0.2) is 46.8 Å². The van der Waals surface area contributed by atoms with Gasteiger partial charge in [0.25, 0.3) is 5.91 Å². The van der Waals surface area contributed by atoms with Gasteiger partial charge in [-0.05, 0) is 12.5 Å². The molecule has 3 heterocycles. The molecule has 0 spiro atoms. The predicted octanol–water partition coefficient (Wildman–Crippen LogP) is 2.86. The molecule has 4 rings (SSSR count). The first-order valence-electron chi connectivity index (χ1n) is 7.74. The minimum Gasteiger partial charge on any atom is -0.343 e. The van der Waals surface area contributed by atoms with Gasteiger partial charge >= 0.3 is 0 Å². The van der Waals surface area contributed by atoms with Gasteiger partial charge in [-0.3, -0.25) is 4.79 Å². The zero-order valence-corrected chi connectivity index (χ0v) is 13.9. The number of amides is 1. The molecule has 0 unspecified atom stereocenters. The molecule has 0 saturated carbocycles. The molecule has 1 fully saturated rings. The quantitative estimate of drug-likeness (QED) is 0.733. The molecule has 0 bridgehead atoms. The van der Waals surface area contributed by atoms with Gasteiger partial charge in [0.15, 0.2) is 5.82 Å². The van der Waals surface area contributed by atoms with Crippen LogP contribution in [0.4, 0.5) is 0 Å². The molecule has 1 aliphatic rings. The zero-order valence-electron chi connectivity index (χ0n) is 13.1. The highest BCUT2D eigenvalue weighted by atomic mass is 32.1. The number of benzene rings is 1. The summed E-state index contributed by atoms with van der Waals surface area (Å²) in [5, 5.41) is 4.01. The van der Waals surface area contributed by atoms with Crippen LogP contribution in [0, 0.1) is 6.92 Å². The third-order valence-corrected chi connectivity index (χ3v) is 5.40. The summed E-state index contributed by atoms with van der Waals surface area (Å²) in [6.07, 6.45) is 1.34. The Hall–Kier alpha value is -2.54. The number of rotatable bonds is 3. The molecule has 0 aliphatic carbocycles. The number of hydrogen-bond acceptors (Lipinski definition) is 6. The van der Waals surface area contributed by atoms with E-state index in [1.165, 1.54) is 23.3 Å². The van der Waals surface area contributed by atoms with Crippen molar-refractivity contribution in [3.8, 4) is 0 Å². The van der Waals surface area contributed by atoms with E-state index in [1.807, 2.05) is 30.0 Å². The summed E-state index contributed by atoms with van der Waals surface area (Å²) in [7, 11) is 0. The van der Waals surface area contributed by atoms with Gasteiger partial charge in [0.1, 0.15) is 4.88 Å². The topological polar surface area (TPSA) is 72.1 Å². The second kappa shape index (κ2) is 6.16. The van der Waals surface area contributed by atoms with Gasteiger partial charge in [-0.2, -0.15) is 4.98 Å². The standard InChI is InChI=1S/C17H16N4O2S/c1-11-15(24-10-19-11)17(22)21-7-13(12-5-3-2-4-6-12)14(8-21)16-18-9-23-20-16/h2-6,9-10,13-14H,7-8H2,1H3/t13-,14-/m0/s1. The molecule has 0 N–H and O–H groups in total. The largest absolute Gasteiger partial charge is 0.343 e. The summed E-state index contributed by atoms with van der Waals surface area (Å²) in [6.45, 7) is 3.08. The molecule has 2 aromatic heterocycles. The molecular weight excluding hydrogens is 324 g/mol. The molecule has 1 amide bonds. The third-order valence-electron chi connectivity index (χ3n) is 4.48. The minimum absolute atomic E-state index is 0.0296. The van der Waals surface area contributed by atoms with E-state index in [1.54, 1.807) is 5.51 Å². The summed E-state index contributed by atoms with van der Waals surface area (Å²) >= 11 is 1.39. The van der Waals surface area contributed by atoms with Gasteiger partial charge in [-0.1, -0.05) is 35.5 Å². The molecule has 0 radical (unpaired) electrons. The lowest BCUT2D eigenvalue weighted by Gasteiger charge is -2.16. The third kappa shape index (κ3) is 2.60. The van der Waals surface area contributed by atoms with Gasteiger partial charge in [0, 0.05) is 24.9 Å². The van der Waals surface area contributed by atoms with Crippen molar-refractivity contribution < 1.29 is 9.32 Å². The molecule has 1 saturated heterocycles. The van der Waals surface area contributed by atoms with Crippen molar-refractivity contribution in [3.05, 3.63) is 64.2 Å². The fourth-order valence-corrected chi connectivity index (χ4v) is 4.03. The van der Waals surface area contributed by atoms with Crippen LogP contribution in [0.2, 0.25) is 0 Å². The van der Waals surface area contributed by atoms with Crippen LogP contribution in [0.5, 0.6) is 0 Å². The van der Waals surface area contributed by atoms with Crippen LogP contribution in [0.3, 0.4) is 0 Å². The first-order chi connectivity index (χ1) is 11.7. The van der Waals surface area contributed by atoms with Crippen molar-refractivity contribution in [2.24, 2.45) is 0 Å². The van der Waals surface area contributed by atoms with Crippen molar-refractivity contribution >= 4 is 17.2 Å². The van der Waals surface area contributed by atoms with Crippen LogP contribution in [0.25, 0.3) is 0 Å². The van der Waals surface area contributed by atoms with Gasteiger partial charge in [-0.25, -0.2) is 4.98 Å². The maximum Gasteiger partial charge on any atom is 0.265 e. The van der Waals surface area contributed by atoms with E-state index in [4.69, 9.17) is 4.52 Å². The Morgan fingerprint density at radius 1 is 1.21 bits per heavy atom. The number of aromatic nitrogens is 3. The molecule has 7 heteroatoms. The van der Waals surface area contributed by atoms with Crippen molar-refractivity contribution in [1.29, 1.82) is 0 Å². The number of hydrogen-bond donors (Lipinski definition) is 0. The molecule has 1 aromatic carbocycles. The molecule has 1 aliphatic heterocycles. The molecule has 6 nitrogen and oxygen atoms in total. The first-order valence-corrected chi connectivity index (χ1v) is 8.62. The maximum absolute atomic E-state index is 12.9. The Morgan fingerprint density at radius 3 is 2.67 bits per heavy atom. The van der Waals surface area contributed by atoms with Crippen molar-refractivity contribution in [2.45, 2.75) is 18.8 Å². The summed E-state index contributed by atoms with van der Waals surface area (Å²) in [5.74, 6) is 0.867. The second-order valence-electron chi connectivity index (χ2n) is 5.89. The second-order valence-corrected chi connectivity index (χ2v) is 6.74. The van der Waals surface area contributed by atoms with E-state index in [9.17, 15) is 4.79 Å². The van der Waals surface area contributed by atoms with Crippen molar-refractivity contribution in [3.63, 3.8) is 0 Å². The fraction of sp³-hybridized carbons (Fsp3) is 0.294. The van der Waals surface area contributed by atoms with Crippen LogP contribution < -0.4 is 0 Å². The lowest BCUT2D eigenvalue weighted by atomic mass is 9.88. The Balaban J connectivity index is 1.66. The summed E-state index contributed by atoms with van der Waals surface area (Å²) in [6, 6.07) is 10.2. The minimum atomic E-state index is 0.0296. The van der Waals surface area contributed by atoms with E-state index in [2.05, 4.69) is 27.3 Å². The highest BCUT2D eigenvalue weighted by Crippen LogP contribution is 2.39. The molecule has 3 aromatic rings. The van der Waals surface area contributed by atoms with Gasteiger partial charge in [-0.15, -0.1) is 11.3 Å². The van der Waals surface area contributed by atoms with Crippen molar-refractivity contribution in [2.75, 3.05) is 13.1 Å². The van der Waals surface area contributed by atoms with E-state index >= 15 is 0 Å². The lowest BCUT2D eigenvalue weighted by molar-refractivity contribution is 0.0792. The van der Waals surface area contributed by atoms with E-state index in [0.29, 0.717) is 23.8 Å². The molecule has 2 atom stereocenters. The molecule has 24 heavy (non-hydrogen) atoms. The van der Waals surface area contributed by atoms with E-state index < -0.39 is 0 Å². The molecule has 122 valence electrons. The first kappa shape index (κ1) is 15.0. The number of thiazole rings is 1. The Labute approximate surface area is 143 Å². The number of carbonyl (C=O) groups excluding carboxylic acids is 1. The number of carbonyl (C=O) groups is 1. The lowest BCUT2D eigenvalue weighted by Crippen LogP contribution is -2.28. The number of nitrogens with zero attached hydrogens (tertiary/aromatic N) is 4. The van der Waals surface area contributed by atoms with Crippen LogP contribution >= 0.6 is 11.3 Å². The number of aryl methyl sites for hydroxylation is 1. The van der Waals surface area contributed by atoms with Crippen LogP contribution in [-0.2, 0) is 0 Å². The zero-order chi connectivity index (χ0) is 16.5. The normalized spacial score (nSPS) is 20.5.